The first kappa shape index (κ1) is 6.36. The van der Waals surface area contributed by atoms with Gasteiger partial charge in [0, 0.05) is 0 Å². The third-order valence-corrected chi connectivity index (χ3v) is 2.56. The number of rotatable bonds is 0. The Bertz CT molecular complexity index is 369. The van der Waals surface area contributed by atoms with E-state index in [9.17, 15) is 5.21 Å². The molecule has 0 atom stereocenters. The average Bonchev–Trinajstić information content (AvgIpc) is 2.53. The quantitative estimate of drug-likeness (QED) is 0.517. The van der Waals surface area contributed by atoms with Gasteiger partial charge in [-0.2, -0.15) is 4.73 Å². The maximum atomic E-state index is 9.29. The van der Waals surface area contributed by atoms with E-state index in [0.29, 0.717) is 11.2 Å². The summed E-state index contributed by atoms with van der Waals surface area (Å²) in [6, 6.07) is 1.77. The molecular weight excluding hydrogens is 162 g/mol. The van der Waals surface area contributed by atoms with Gasteiger partial charge in [-0.25, -0.2) is 0 Å². The predicted octanol–water partition coefficient (Wildman–Crippen LogP) is 1.10. The lowest BCUT2D eigenvalue weighted by atomic mass is 10.4. The molecule has 11 heavy (non-hydrogen) atoms. The van der Waals surface area contributed by atoms with Crippen molar-refractivity contribution in [3.8, 4) is 0 Å². The zero-order valence-electron chi connectivity index (χ0n) is 5.61. The summed E-state index contributed by atoms with van der Waals surface area (Å²) >= 11 is 1.46. The molecule has 58 valence electrons. The van der Waals surface area contributed by atoms with Gasteiger partial charge in [0.15, 0.2) is 5.82 Å². The van der Waals surface area contributed by atoms with Crippen LogP contribution in [0.25, 0.3) is 10.2 Å². The van der Waals surface area contributed by atoms with Crippen LogP contribution in [0, 0.1) is 0 Å². The standard InChI is InChI=1S/C6H7N3OS/c7-4-5-3(1-2-11-5)9(10)6(4)8/h1-2,10H,7-8H2. The van der Waals surface area contributed by atoms with E-state index in [0.717, 1.165) is 9.43 Å². The van der Waals surface area contributed by atoms with Crippen LogP contribution in [0.15, 0.2) is 11.4 Å². The molecule has 0 saturated heterocycles. The van der Waals surface area contributed by atoms with Crippen LogP contribution >= 0.6 is 11.3 Å². The summed E-state index contributed by atoms with van der Waals surface area (Å²) in [5.41, 5.74) is 12.2. The normalized spacial score (nSPS) is 10.9. The molecule has 0 saturated carbocycles. The third-order valence-electron chi connectivity index (χ3n) is 1.62. The SMILES string of the molecule is Nc1c(N)n(O)c2ccsc12. The highest BCUT2D eigenvalue weighted by molar-refractivity contribution is 7.17. The third kappa shape index (κ3) is 0.627. The van der Waals surface area contributed by atoms with Gasteiger partial charge in [0.25, 0.3) is 0 Å². The fourth-order valence-corrected chi connectivity index (χ4v) is 1.87. The highest BCUT2D eigenvalue weighted by Gasteiger charge is 2.11. The Kier molecular flexibility index (Phi) is 1.05. The highest BCUT2D eigenvalue weighted by Crippen LogP contribution is 2.33. The van der Waals surface area contributed by atoms with Crippen molar-refractivity contribution in [2.45, 2.75) is 0 Å². The van der Waals surface area contributed by atoms with Gasteiger partial charge in [-0.05, 0) is 11.4 Å². The minimum atomic E-state index is 0.215. The smallest absolute Gasteiger partial charge is 0.165 e. The fraction of sp³-hybridized carbons (Fsp3) is 0. The van der Waals surface area contributed by atoms with Crippen LogP contribution in [0.3, 0.4) is 0 Å². The Morgan fingerprint density at radius 1 is 1.45 bits per heavy atom. The van der Waals surface area contributed by atoms with Crippen LogP contribution in [0.1, 0.15) is 0 Å². The van der Waals surface area contributed by atoms with E-state index in [2.05, 4.69) is 0 Å². The van der Waals surface area contributed by atoms with E-state index in [1.165, 1.54) is 11.3 Å². The second kappa shape index (κ2) is 1.82. The van der Waals surface area contributed by atoms with Crippen molar-refractivity contribution in [2.24, 2.45) is 0 Å². The van der Waals surface area contributed by atoms with Gasteiger partial charge in [0.1, 0.15) is 5.52 Å². The Balaban J connectivity index is 3.00. The molecule has 0 aliphatic rings. The Morgan fingerprint density at radius 2 is 2.18 bits per heavy atom. The van der Waals surface area contributed by atoms with Crippen molar-refractivity contribution in [2.75, 3.05) is 11.5 Å². The zero-order valence-corrected chi connectivity index (χ0v) is 6.43. The number of anilines is 2. The summed E-state index contributed by atoms with van der Waals surface area (Å²) in [5.74, 6) is 0.215. The lowest BCUT2D eigenvalue weighted by Crippen LogP contribution is -1.99. The van der Waals surface area contributed by atoms with Gasteiger partial charge in [-0.1, -0.05) is 0 Å². The fourth-order valence-electron chi connectivity index (χ4n) is 1.03. The first-order valence-electron chi connectivity index (χ1n) is 3.04. The molecule has 0 aliphatic heterocycles. The van der Waals surface area contributed by atoms with E-state index in [4.69, 9.17) is 11.5 Å². The number of thiophene rings is 1. The number of nitrogens with zero attached hydrogens (tertiary/aromatic N) is 1. The predicted molar refractivity (Wildman–Crippen MR) is 45.8 cm³/mol. The topological polar surface area (TPSA) is 77.2 Å². The molecule has 5 heteroatoms. The van der Waals surface area contributed by atoms with Crippen LogP contribution in [0.4, 0.5) is 11.5 Å². The van der Waals surface area contributed by atoms with Crippen LogP contribution in [-0.2, 0) is 0 Å². The van der Waals surface area contributed by atoms with Crippen LogP contribution in [0.2, 0.25) is 0 Å². The molecule has 2 heterocycles. The van der Waals surface area contributed by atoms with E-state index >= 15 is 0 Å². The van der Waals surface area contributed by atoms with Crippen molar-refractivity contribution >= 4 is 33.1 Å². The molecule has 0 spiro atoms. The zero-order chi connectivity index (χ0) is 8.01. The Hall–Kier alpha value is -1.36. The number of aromatic nitrogens is 1. The second-order valence-corrected chi connectivity index (χ2v) is 3.16. The summed E-state index contributed by atoms with van der Waals surface area (Å²) in [4.78, 5) is 0. The minimum Gasteiger partial charge on any atom is -0.426 e. The van der Waals surface area contributed by atoms with E-state index in [-0.39, 0.29) is 5.82 Å². The highest BCUT2D eigenvalue weighted by atomic mass is 32.1. The molecule has 2 rings (SSSR count). The lowest BCUT2D eigenvalue weighted by Gasteiger charge is -1.93. The molecule has 0 aromatic carbocycles. The van der Waals surface area contributed by atoms with Gasteiger partial charge in [0.2, 0.25) is 0 Å². The Morgan fingerprint density at radius 3 is 2.82 bits per heavy atom. The summed E-state index contributed by atoms with van der Waals surface area (Å²) in [6.45, 7) is 0. The summed E-state index contributed by atoms with van der Waals surface area (Å²) in [6.07, 6.45) is 0. The van der Waals surface area contributed by atoms with Gasteiger partial charge in [0.05, 0.1) is 10.4 Å². The van der Waals surface area contributed by atoms with Crippen molar-refractivity contribution in [1.29, 1.82) is 0 Å². The van der Waals surface area contributed by atoms with Crippen LogP contribution < -0.4 is 11.5 Å². The first-order valence-corrected chi connectivity index (χ1v) is 3.92. The molecule has 4 nitrogen and oxygen atoms in total. The summed E-state index contributed by atoms with van der Waals surface area (Å²) in [5, 5.41) is 11.1. The number of fused-ring (bicyclic) bond motifs is 1. The van der Waals surface area contributed by atoms with Crippen LogP contribution in [0.5, 0.6) is 0 Å². The molecule has 0 bridgehead atoms. The van der Waals surface area contributed by atoms with Crippen molar-refractivity contribution in [3.63, 3.8) is 0 Å². The average molecular weight is 169 g/mol. The largest absolute Gasteiger partial charge is 0.426 e. The number of hydrogen-bond donors (Lipinski definition) is 3. The monoisotopic (exact) mass is 169 g/mol. The molecule has 2 aromatic heterocycles. The van der Waals surface area contributed by atoms with Crippen LogP contribution in [-0.4, -0.2) is 9.94 Å². The van der Waals surface area contributed by atoms with Gasteiger partial charge < -0.3 is 16.7 Å². The van der Waals surface area contributed by atoms with Crippen molar-refractivity contribution in [1.82, 2.24) is 4.73 Å². The number of nitrogen functional groups attached to an aromatic ring is 2. The molecule has 0 amide bonds. The molecule has 0 radical (unpaired) electrons. The van der Waals surface area contributed by atoms with Gasteiger partial charge >= 0.3 is 0 Å². The van der Waals surface area contributed by atoms with Crippen molar-refractivity contribution in [3.05, 3.63) is 11.4 Å². The van der Waals surface area contributed by atoms with E-state index in [1.807, 2.05) is 5.38 Å². The maximum absolute atomic E-state index is 9.29. The van der Waals surface area contributed by atoms with Gasteiger partial charge in [-0.3, -0.25) is 0 Å². The first-order chi connectivity index (χ1) is 5.22. The van der Waals surface area contributed by atoms with Crippen molar-refractivity contribution < 1.29 is 5.21 Å². The summed E-state index contributed by atoms with van der Waals surface area (Å²) in [7, 11) is 0. The maximum Gasteiger partial charge on any atom is 0.165 e. The minimum absolute atomic E-state index is 0.215. The summed E-state index contributed by atoms with van der Waals surface area (Å²) < 4.78 is 1.74. The molecule has 0 aliphatic carbocycles. The van der Waals surface area contributed by atoms with E-state index in [1.54, 1.807) is 6.07 Å². The lowest BCUT2D eigenvalue weighted by molar-refractivity contribution is 0.206. The molecule has 2 aromatic rings. The number of nitrogens with two attached hydrogens (primary N) is 2. The molecule has 0 unspecified atom stereocenters. The van der Waals surface area contributed by atoms with Gasteiger partial charge in [-0.15, -0.1) is 11.3 Å². The number of hydrogen-bond acceptors (Lipinski definition) is 4. The molecular formula is C6H7N3OS. The molecule has 0 fully saturated rings. The second-order valence-electron chi connectivity index (χ2n) is 2.25. The Labute approximate surface area is 66.6 Å². The molecule has 5 N–H and O–H groups in total. The van der Waals surface area contributed by atoms with E-state index < -0.39 is 0 Å².